The second-order valence-corrected chi connectivity index (χ2v) is 11.0. The summed E-state index contributed by atoms with van der Waals surface area (Å²) in [4.78, 5) is 13.2. The number of thioether (sulfide) groups is 1. The molecule has 0 fully saturated rings. The molecule has 0 saturated carbocycles. The van der Waals surface area contributed by atoms with Gasteiger partial charge in [-0.25, -0.2) is 4.79 Å². The second kappa shape index (κ2) is 12.8. The van der Waals surface area contributed by atoms with Crippen LogP contribution in [-0.2, 0) is 12.2 Å². The first-order valence-corrected chi connectivity index (χ1v) is 14.4. The van der Waals surface area contributed by atoms with Crippen molar-refractivity contribution in [3.8, 4) is 5.69 Å². The Labute approximate surface area is 241 Å². The summed E-state index contributed by atoms with van der Waals surface area (Å²) in [5.41, 5.74) is 5.11. The van der Waals surface area contributed by atoms with Crippen molar-refractivity contribution in [1.29, 1.82) is 0 Å². The number of carbonyl (C=O) groups is 1. The fourth-order valence-corrected chi connectivity index (χ4v) is 5.35. The summed E-state index contributed by atoms with van der Waals surface area (Å²) >= 11 is 5.06. The fraction of sp³-hybridized carbons (Fsp3) is 0.129. The fourth-order valence-electron chi connectivity index (χ4n) is 4.17. The number of aryl methyl sites for hydroxylation is 1. The SMILES string of the molecule is Cc1ccc(-n2c(SCc3ccccc3)nnc2C(Cc2ccccc2)NC(=O)Nc2ccc(Br)cc2)cc1. The minimum atomic E-state index is -0.428. The van der Waals surface area contributed by atoms with Gasteiger partial charge in [0.1, 0.15) is 0 Å². The van der Waals surface area contributed by atoms with Crippen molar-refractivity contribution in [2.45, 2.75) is 30.3 Å². The molecule has 1 aromatic heterocycles. The average molecular weight is 599 g/mol. The standard InChI is InChI=1S/C31H28BrN5OS/c1-22-12-18-27(19-13-22)37-29(35-36-31(37)39-21-24-10-6-3-7-11-24)28(20-23-8-4-2-5-9-23)34-30(38)33-26-16-14-25(32)15-17-26/h2-19,28H,20-21H2,1H3,(H2,33,34,38). The van der Waals surface area contributed by atoms with Gasteiger partial charge in [-0.15, -0.1) is 10.2 Å². The lowest BCUT2D eigenvalue weighted by molar-refractivity contribution is 0.247. The van der Waals surface area contributed by atoms with Gasteiger partial charge in [-0.1, -0.05) is 106 Å². The average Bonchev–Trinajstić information content (AvgIpc) is 3.38. The quantitative estimate of drug-likeness (QED) is 0.170. The molecule has 4 aromatic carbocycles. The predicted octanol–water partition coefficient (Wildman–Crippen LogP) is 7.74. The minimum Gasteiger partial charge on any atom is -0.327 e. The van der Waals surface area contributed by atoms with Gasteiger partial charge >= 0.3 is 6.03 Å². The van der Waals surface area contributed by atoms with E-state index in [4.69, 9.17) is 0 Å². The number of rotatable bonds is 9. The zero-order valence-electron chi connectivity index (χ0n) is 21.4. The number of amides is 2. The van der Waals surface area contributed by atoms with E-state index in [2.05, 4.69) is 96.8 Å². The molecule has 1 heterocycles. The van der Waals surface area contributed by atoms with E-state index in [1.165, 1.54) is 11.1 Å². The van der Waals surface area contributed by atoms with E-state index >= 15 is 0 Å². The summed E-state index contributed by atoms with van der Waals surface area (Å²) in [7, 11) is 0. The molecule has 0 saturated heterocycles. The number of benzene rings is 4. The van der Waals surface area contributed by atoms with E-state index in [1.54, 1.807) is 11.8 Å². The van der Waals surface area contributed by atoms with Crippen molar-refractivity contribution in [3.05, 3.63) is 136 Å². The zero-order chi connectivity index (χ0) is 27.0. The first-order valence-electron chi connectivity index (χ1n) is 12.6. The van der Waals surface area contributed by atoms with Crippen molar-refractivity contribution in [2.24, 2.45) is 0 Å². The Morgan fingerprint density at radius 3 is 2.15 bits per heavy atom. The van der Waals surface area contributed by atoms with Gasteiger partial charge < -0.3 is 10.6 Å². The third-order valence-electron chi connectivity index (χ3n) is 6.16. The summed E-state index contributed by atoms with van der Waals surface area (Å²) in [6.07, 6.45) is 0.557. The number of nitrogens with one attached hydrogen (secondary N) is 2. The molecule has 0 aliphatic carbocycles. The van der Waals surface area contributed by atoms with Gasteiger partial charge in [-0.3, -0.25) is 4.57 Å². The van der Waals surface area contributed by atoms with Crippen LogP contribution in [-0.4, -0.2) is 20.8 Å². The highest BCUT2D eigenvalue weighted by Crippen LogP contribution is 2.29. The normalized spacial score (nSPS) is 11.6. The van der Waals surface area contributed by atoms with Gasteiger partial charge in [0.05, 0.1) is 6.04 Å². The van der Waals surface area contributed by atoms with Crippen molar-refractivity contribution in [2.75, 3.05) is 5.32 Å². The van der Waals surface area contributed by atoms with Crippen LogP contribution < -0.4 is 10.6 Å². The maximum Gasteiger partial charge on any atom is 0.319 e. The van der Waals surface area contributed by atoms with Crippen LogP contribution in [0.4, 0.5) is 10.5 Å². The maximum absolute atomic E-state index is 13.2. The summed E-state index contributed by atoms with van der Waals surface area (Å²) in [5.74, 6) is 1.43. The van der Waals surface area contributed by atoms with Gasteiger partial charge in [0.2, 0.25) is 0 Å². The molecular formula is C31H28BrN5OS. The van der Waals surface area contributed by atoms with E-state index in [0.717, 1.165) is 26.6 Å². The first-order chi connectivity index (χ1) is 19.0. The lowest BCUT2D eigenvalue weighted by Crippen LogP contribution is -2.35. The molecule has 6 nitrogen and oxygen atoms in total. The Morgan fingerprint density at radius 1 is 0.846 bits per heavy atom. The van der Waals surface area contributed by atoms with Gasteiger partial charge in [0, 0.05) is 28.0 Å². The molecule has 2 amide bonds. The van der Waals surface area contributed by atoms with Crippen molar-refractivity contribution < 1.29 is 4.79 Å². The Hall–Kier alpha value is -3.88. The van der Waals surface area contributed by atoms with E-state index in [0.29, 0.717) is 17.9 Å². The lowest BCUT2D eigenvalue weighted by Gasteiger charge is -2.21. The van der Waals surface area contributed by atoms with Crippen LogP contribution >= 0.6 is 27.7 Å². The summed E-state index contributed by atoms with van der Waals surface area (Å²) < 4.78 is 3.00. The van der Waals surface area contributed by atoms with Crippen molar-refractivity contribution in [1.82, 2.24) is 20.1 Å². The minimum absolute atomic E-state index is 0.310. The van der Waals surface area contributed by atoms with E-state index in [-0.39, 0.29) is 6.03 Å². The number of carbonyl (C=O) groups excluding carboxylic acids is 1. The molecule has 8 heteroatoms. The highest BCUT2D eigenvalue weighted by Gasteiger charge is 2.25. The van der Waals surface area contributed by atoms with Gasteiger partial charge in [-0.2, -0.15) is 0 Å². The van der Waals surface area contributed by atoms with Gasteiger partial charge in [0.25, 0.3) is 0 Å². The molecule has 2 N–H and O–H groups in total. The second-order valence-electron chi connectivity index (χ2n) is 9.13. The van der Waals surface area contributed by atoms with Crippen LogP contribution in [0.5, 0.6) is 0 Å². The lowest BCUT2D eigenvalue weighted by atomic mass is 10.1. The molecular weight excluding hydrogens is 570 g/mol. The molecule has 0 aliphatic heterocycles. The zero-order valence-corrected chi connectivity index (χ0v) is 23.8. The predicted molar refractivity (Wildman–Crippen MR) is 161 cm³/mol. The van der Waals surface area contributed by atoms with E-state index in [9.17, 15) is 4.79 Å². The molecule has 0 spiro atoms. The van der Waals surface area contributed by atoms with Crippen LogP contribution in [0.2, 0.25) is 0 Å². The van der Waals surface area contributed by atoms with Crippen LogP contribution in [0.15, 0.2) is 119 Å². The Balaban J connectivity index is 1.49. The number of nitrogens with zero attached hydrogens (tertiary/aromatic N) is 3. The topological polar surface area (TPSA) is 71.8 Å². The smallest absolute Gasteiger partial charge is 0.319 e. The molecule has 196 valence electrons. The summed E-state index contributed by atoms with van der Waals surface area (Å²) in [6.45, 7) is 2.06. The Bertz CT molecular complexity index is 1510. The molecule has 39 heavy (non-hydrogen) atoms. The number of hydrogen-bond donors (Lipinski definition) is 2. The van der Waals surface area contributed by atoms with E-state index < -0.39 is 6.04 Å². The number of anilines is 1. The van der Waals surface area contributed by atoms with Gasteiger partial charge in [0.15, 0.2) is 11.0 Å². The van der Waals surface area contributed by atoms with Crippen LogP contribution in [0.25, 0.3) is 5.69 Å². The summed E-state index contributed by atoms with van der Waals surface area (Å²) in [6, 6.07) is 35.4. The van der Waals surface area contributed by atoms with E-state index in [1.807, 2.05) is 60.7 Å². The largest absolute Gasteiger partial charge is 0.327 e. The molecule has 0 radical (unpaired) electrons. The van der Waals surface area contributed by atoms with Crippen LogP contribution in [0.1, 0.15) is 28.6 Å². The molecule has 0 bridgehead atoms. The highest BCUT2D eigenvalue weighted by atomic mass is 79.9. The molecule has 0 aliphatic rings. The number of hydrogen-bond acceptors (Lipinski definition) is 4. The third kappa shape index (κ3) is 7.16. The number of aromatic nitrogens is 3. The van der Waals surface area contributed by atoms with Crippen molar-refractivity contribution >= 4 is 39.4 Å². The third-order valence-corrected chi connectivity index (χ3v) is 7.69. The monoisotopic (exact) mass is 597 g/mol. The molecule has 5 rings (SSSR count). The molecule has 1 atom stereocenters. The Morgan fingerprint density at radius 2 is 1.49 bits per heavy atom. The van der Waals surface area contributed by atoms with Crippen LogP contribution in [0.3, 0.4) is 0 Å². The summed E-state index contributed by atoms with van der Waals surface area (Å²) in [5, 5.41) is 16.1. The van der Waals surface area contributed by atoms with Gasteiger partial charge in [-0.05, 0) is 54.4 Å². The first kappa shape index (κ1) is 26.7. The highest BCUT2D eigenvalue weighted by molar-refractivity contribution is 9.10. The Kier molecular flexibility index (Phi) is 8.75. The number of urea groups is 1. The molecule has 5 aromatic rings. The molecule has 1 unspecified atom stereocenters. The van der Waals surface area contributed by atoms with Crippen molar-refractivity contribution in [3.63, 3.8) is 0 Å². The number of halogens is 1. The maximum atomic E-state index is 13.2. The van der Waals surface area contributed by atoms with Crippen LogP contribution in [0, 0.1) is 6.92 Å².